The zero-order chi connectivity index (χ0) is 18.2. The molecule has 2 fully saturated rings. The maximum atomic E-state index is 10.3. The van der Waals surface area contributed by atoms with E-state index in [1.165, 1.54) is 19.3 Å². The lowest BCUT2D eigenvalue weighted by Gasteiger charge is -2.20. The van der Waals surface area contributed by atoms with E-state index in [1.807, 2.05) is 0 Å². The van der Waals surface area contributed by atoms with Gasteiger partial charge in [0.2, 0.25) is 0 Å². The summed E-state index contributed by atoms with van der Waals surface area (Å²) in [5, 5.41) is 13.7. The number of nitrogens with one attached hydrogen (secondary N) is 5. The van der Waals surface area contributed by atoms with Gasteiger partial charge >= 0.3 is 10.3 Å². The number of rotatable bonds is 2. The summed E-state index contributed by atoms with van der Waals surface area (Å²) in [5.74, 6) is 0. The molecule has 8 nitrogen and oxygen atoms in total. The van der Waals surface area contributed by atoms with Crippen LogP contribution >= 0.6 is 0 Å². The Balaban J connectivity index is 0.000000257. The van der Waals surface area contributed by atoms with E-state index in [0.29, 0.717) is 0 Å². The smallest absolute Gasteiger partial charge is 0.315 e. The normalized spacial score (nSPS) is 23.1. The van der Waals surface area contributed by atoms with Gasteiger partial charge in [-0.15, -0.1) is 0 Å². The van der Waals surface area contributed by atoms with Crippen molar-refractivity contribution in [2.24, 2.45) is 0 Å². The van der Waals surface area contributed by atoms with E-state index in [9.17, 15) is 8.42 Å². The van der Waals surface area contributed by atoms with Crippen LogP contribution < -0.4 is 26.0 Å². The molecule has 1 saturated heterocycles. The fraction of sp³-hybridized carbons (Fsp3) is 1.00. The molecule has 0 spiro atoms. The van der Waals surface area contributed by atoms with Gasteiger partial charge in [-0.3, -0.25) is 4.55 Å². The summed E-state index contributed by atoms with van der Waals surface area (Å²) in [5.41, 5.74) is 0. The number of hydrogen-bond donors (Lipinski definition) is 6. The highest BCUT2D eigenvalue weighted by Crippen LogP contribution is 2.17. The van der Waals surface area contributed by atoms with Crippen molar-refractivity contribution in [2.75, 3.05) is 52.4 Å². The molecule has 0 amide bonds. The predicted octanol–water partition coefficient (Wildman–Crippen LogP) is -0.150. The molecule has 2 aliphatic rings. The SMILES string of the molecule is C1CNCCNCCCNCCNC1.O=S(=O)(O)NC1CCCCC1. The highest BCUT2D eigenvalue weighted by Gasteiger charge is 2.17. The molecule has 6 N–H and O–H groups in total. The van der Waals surface area contributed by atoms with Gasteiger partial charge in [0.1, 0.15) is 0 Å². The van der Waals surface area contributed by atoms with Crippen LogP contribution in [0.1, 0.15) is 44.9 Å². The first-order chi connectivity index (χ1) is 12.1. The molecule has 1 saturated carbocycles. The van der Waals surface area contributed by atoms with Gasteiger partial charge in [0, 0.05) is 32.2 Å². The Kier molecular flexibility index (Phi) is 13.5. The molecule has 9 heteroatoms. The Morgan fingerprint density at radius 1 is 0.640 bits per heavy atom. The van der Waals surface area contributed by atoms with E-state index in [4.69, 9.17) is 4.55 Å². The van der Waals surface area contributed by atoms with Crippen LogP contribution in [-0.2, 0) is 10.3 Å². The first-order valence-corrected chi connectivity index (χ1v) is 11.1. The van der Waals surface area contributed by atoms with Crippen molar-refractivity contribution in [1.82, 2.24) is 26.0 Å². The zero-order valence-electron chi connectivity index (χ0n) is 15.4. The summed E-state index contributed by atoms with van der Waals surface area (Å²) < 4.78 is 31.3. The molecule has 1 aliphatic heterocycles. The van der Waals surface area contributed by atoms with Crippen molar-refractivity contribution in [3.8, 4) is 0 Å². The third kappa shape index (κ3) is 15.7. The van der Waals surface area contributed by atoms with E-state index in [-0.39, 0.29) is 6.04 Å². The Labute approximate surface area is 153 Å². The molecule has 150 valence electrons. The average molecular weight is 380 g/mol. The third-order valence-corrected chi connectivity index (χ3v) is 4.92. The van der Waals surface area contributed by atoms with Crippen molar-refractivity contribution in [3.05, 3.63) is 0 Å². The standard InChI is InChI=1S/C10H24N4.C6H13NO3S/c1-3-11-7-9-13-5-2-6-14-10-8-12-4-1;8-11(9,10)7-6-4-2-1-3-5-6/h11-14H,1-10H2;6-7H,1-5H2,(H,8,9,10). The van der Waals surface area contributed by atoms with Gasteiger partial charge in [0.15, 0.2) is 0 Å². The second-order valence-corrected chi connectivity index (χ2v) is 7.82. The van der Waals surface area contributed by atoms with Gasteiger partial charge in [0.05, 0.1) is 0 Å². The van der Waals surface area contributed by atoms with Crippen molar-refractivity contribution in [3.63, 3.8) is 0 Å². The minimum absolute atomic E-state index is 0.0428. The van der Waals surface area contributed by atoms with Crippen LogP contribution in [0.3, 0.4) is 0 Å². The molecule has 1 heterocycles. The van der Waals surface area contributed by atoms with E-state index >= 15 is 0 Å². The first-order valence-electron chi connectivity index (χ1n) is 9.65. The molecule has 25 heavy (non-hydrogen) atoms. The monoisotopic (exact) mass is 379 g/mol. The van der Waals surface area contributed by atoms with Gasteiger partial charge in [-0.2, -0.15) is 13.1 Å². The fourth-order valence-corrected chi connectivity index (χ4v) is 3.62. The lowest BCUT2D eigenvalue weighted by molar-refractivity contribution is 0.389. The maximum absolute atomic E-state index is 10.3. The van der Waals surface area contributed by atoms with E-state index < -0.39 is 10.3 Å². The Morgan fingerprint density at radius 2 is 1.04 bits per heavy atom. The third-order valence-electron chi connectivity index (χ3n) is 4.29. The molecule has 0 aromatic rings. The average Bonchev–Trinajstić information content (AvgIpc) is 2.57. The van der Waals surface area contributed by atoms with Crippen molar-refractivity contribution < 1.29 is 13.0 Å². The molecule has 1 aliphatic carbocycles. The first kappa shape index (κ1) is 22.8. The molecular weight excluding hydrogens is 342 g/mol. The maximum Gasteiger partial charge on any atom is 0.333 e. The van der Waals surface area contributed by atoms with Crippen LogP contribution in [0.4, 0.5) is 0 Å². The molecule has 0 atom stereocenters. The second kappa shape index (κ2) is 14.8. The highest BCUT2D eigenvalue weighted by molar-refractivity contribution is 7.83. The molecule has 0 unspecified atom stereocenters. The van der Waals surface area contributed by atoms with E-state index in [1.54, 1.807) is 0 Å². The molecule has 0 aromatic carbocycles. The summed E-state index contributed by atoms with van der Waals surface area (Å²) in [6.45, 7) is 8.87. The van der Waals surface area contributed by atoms with Gasteiger partial charge in [-0.05, 0) is 51.9 Å². The topological polar surface area (TPSA) is 115 Å². The quantitative estimate of drug-likeness (QED) is 0.370. The van der Waals surface area contributed by atoms with Crippen molar-refractivity contribution in [2.45, 2.75) is 51.0 Å². The van der Waals surface area contributed by atoms with E-state index in [0.717, 1.165) is 78.0 Å². The largest absolute Gasteiger partial charge is 0.333 e. The van der Waals surface area contributed by atoms with Gasteiger partial charge < -0.3 is 21.3 Å². The minimum atomic E-state index is -3.97. The molecule has 0 radical (unpaired) electrons. The van der Waals surface area contributed by atoms with Crippen LogP contribution in [0, 0.1) is 0 Å². The van der Waals surface area contributed by atoms with Crippen molar-refractivity contribution >= 4 is 10.3 Å². The van der Waals surface area contributed by atoms with Crippen LogP contribution in [0.2, 0.25) is 0 Å². The van der Waals surface area contributed by atoms with Gasteiger partial charge in [0.25, 0.3) is 0 Å². The summed E-state index contributed by atoms with van der Waals surface area (Å²) in [6, 6.07) is -0.0428. The zero-order valence-corrected chi connectivity index (χ0v) is 16.2. The molecule has 0 bridgehead atoms. The lowest BCUT2D eigenvalue weighted by atomic mass is 9.96. The summed E-state index contributed by atoms with van der Waals surface area (Å²) >= 11 is 0. The molecule has 0 aromatic heterocycles. The lowest BCUT2D eigenvalue weighted by Crippen LogP contribution is -2.35. The van der Waals surface area contributed by atoms with Gasteiger partial charge in [-0.1, -0.05) is 19.3 Å². The Hall–Kier alpha value is -0.290. The predicted molar refractivity (Wildman–Crippen MR) is 102 cm³/mol. The highest BCUT2D eigenvalue weighted by atomic mass is 32.2. The van der Waals surface area contributed by atoms with Crippen LogP contribution in [0.25, 0.3) is 0 Å². The van der Waals surface area contributed by atoms with Crippen molar-refractivity contribution in [1.29, 1.82) is 0 Å². The van der Waals surface area contributed by atoms with Gasteiger partial charge in [-0.25, -0.2) is 0 Å². The summed E-state index contributed by atoms with van der Waals surface area (Å²) in [6.07, 6.45) is 7.41. The van der Waals surface area contributed by atoms with E-state index in [2.05, 4.69) is 26.0 Å². The van der Waals surface area contributed by atoms with Crippen LogP contribution in [0.5, 0.6) is 0 Å². The Bertz CT molecular complexity index is 349. The van der Waals surface area contributed by atoms with Crippen LogP contribution in [0.15, 0.2) is 0 Å². The minimum Gasteiger partial charge on any atom is -0.315 e. The molecule has 2 rings (SSSR count). The number of hydrogen-bond acceptors (Lipinski definition) is 6. The van der Waals surface area contributed by atoms with Crippen LogP contribution in [-0.4, -0.2) is 71.4 Å². The summed E-state index contributed by atoms with van der Waals surface area (Å²) in [7, 11) is -3.97. The fourth-order valence-electron chi connectivity index (χ4n) is 2.96. The summed E-state index contributed by atoms with van der Waals surface area (Å²) in [4.78, 5) is 0. The Morgan fingerprint density at radius 3 is 1.40 bits per heavy atom. The second-order valence-electron chi connectivity index (χ2n) is 6.63. The molecular formula is C16H37N5O3S.